The van der Waals surface area contributed by atoms with Crippen LogP contribution >= 0.6 is 11.8 Å². The van der Waals surface area contributed by atoms with Crippen molar-refractivity contribution >= 4 is 35.0 Å². The summed E-state index contributed by atoms with van der Waals surface area (Å²) in [6, 6.07) is 19.9. The molecule has 1 aliphatic rings. The van der Waals surface area contributed by atoms with Crippen molar-refractivity contribution in [3.63, 3.8) is 0 Å². The zero-order chi connectivity index (χ0) is 28.4. The first kappa shape index (κ1) is 29.3. The van der Waals surface area contributed by atoms with E-state index in [1.165, 1.54) is 7.11 Å². The second-order valence-corrected chi connectivity index (χ2v) is 9.11. The summed E-state index contributed by atoms with van der Waals surface area (Å²) in [5, 5.41) is 1.85. The lowest BCUT2D eigenvalue weighted by molar-refractivity contribution is -0.142. The number of nitrogens with one attached hydrogen (secondary N) is 1. The second-order valence-electron chi connectivity index (χ2n) is 8.10. The van der Waals surface area contributed by atoms with Crippen molar-refractivity contribution in [2.24, 2.45) is 0 Å². The molecule has 0 aliphatic carbocycles. The van der Waals surface area contributed by atoms with Crippen LogP contribution < -0.4 is 19.5 Å². The molecule has 0 bridgehead atoms. The van der Waals surface area contributed by atoms with E-state index in [4.69, 9.17) is 18.9 Å². The molecule has 9 heteroatoms. The van der Waals surface area contributed by atoms with Gasteiger partial charge in [0, 0.05) is 6.07 Å². The van der Waals surface area contributed by atoms with E-state index in [0.29, 0.717) is 34.3 Å². The second kappa shape index (κ2) is 14.1. The number of ether oxygens (including phenoxy) is 4. The Hall–Kier alpha value is -4.24. The minimum atomic E-state index is -0.572. The Balaban J connectivity index is 0.00000205. The third-order valence-corrected chi connectivity index (χ3v) is 6.46. The van der Waals surface area contributed by atoms with E-state index in [9.17, 15) is 14.4 Å². The molecule has 0 radical (unpaired) electrons. The number of amides is 2. The van der Waals surface area contributed by atoms with Gasteiger partial charge in [0.25, 0.3) is 11.1 Å². The van der Waals surface area contributed by atoms with E-state index in [2.05, 4.69) is 5.32 Å². The Morgan fingerprint density at radius 2 is 1.54 bits per heavy atom. The molecule has 0 saturated carbocycles. The largest absolute Gasteiger partial charge is 0.497 e. The van der Waals surface area contributed by atoms with Gasteiger partial charge in [-0.1, -0.05) is 38.1 Å². The number of thioether (sulfide) groups is 1. The van der Waals surface area contributed by atoms with Crippen LogP contribution in [0.2, 0.25) is 0 Å². The Kier molecular flexibility index (Phi) is 10.6. The van der Waals surface area contributed by atoms with Crippen LogP contribution in [0.5, 0.6) is 23.0 Å². The number of hydrogen-bond acceptors (Lipinski definition) is 8. The Morgan fingerprint density at radius 1 is 0.872 bits per heavy atom. The molecular formula is C30H31NO7S. The van der Waals surface area contributed by atoms with Crippen LogP contribution in [0.25, 0.3) is 6.08 Å². The number of methoxy groups -OCH3 is 3. The highest BCUT2D eigenvalue weighted by Crippen LogP contribution is 2.32. The van der Waals surface area contributed by atoms with Crippen LogP contribution in [0.4, 0.5) is 4.79 Å². The molecule has 1 atom stereocenters. The van der Waals surface area contributed by atoms with Crippen molar-refractivity contribution in [2.75, 3.05) is 21.3 Å². The summed E-state index contributed by atoms with van der Waals surface area (Å²) in [5.74, 6) is 1.05. The summed E-state index contributed by atoms with van der Waals surface area (Å²) in [6.07, 6.45) is 2.02. The average molecular weight is 550 g/mol. The van der Waals surface area contributed by atoms with Crippen LogP contribution in [0.3, 0.4) is 0 Å². The van der Waals surface area contributed by atoms with Gasteiger partial charge in [-0.05, 0) is 77.3 Å². The summed E-state index contributed by atoms with van der Waals surface area (Å²) in [7, 11) is 4.51. The van der Waals surface area contributed by atoms with Gasteiger partial charge in [0.1, 0.15) is 23.0 Å². The molecule has 204 valence electrons. The van der Waals surface area contributed by atoms with Crippen LogP contribution in [-0.4, -0.2) is 38.4 Å². The van der Waals surface area contributed by atoms with Gasteiger partial charge in [0.2, 0.25) is 0 Å². The number of benzene rings is 3. The molecule has 1 N–H and O–H groups in total. The molecule has 1 unspecified atom stereocenters. The van der Waals surface area contributed by atoms with Crippen molar-refractivity contribution in [2.45, 2.75) is 26.2 Å². The van der Waals surface area contributed by atoms with E-state index in [1.54, 1.807) is 62.8 Å². The van der Waals surface area contributed by atoms with Crippen molar-refractivity contribution in [3.8, 4) is 23.0 Å². The van der Waals surface area contributed by atoms with Gasteiger partial charge in [-0.15, -0.1) is 0 Å². The van der Waals surface area contributed by atoms with Gasteiger partial charge in [0.15, 0.2) is 0 Å². The van der Waals surface area contributed by atoms with E-state index in [1.807, 2.05) is 38.1 Å². The fourth-order valence-corrected chi connectivity index (χ4v) is 4.52. The predicted molar refractivity (Wildman–Crippen MR) is 151 cm³/mol. The first-order chi connectivity index (χ1) is 18.9. The number of carbonyl (C=O) groups is 3. The van der Waals surface area contributed by atoms with Gasteiger partial charge in [-0.25, -0.2) is 0 Å². The number of rotatable bonds is 9. The molecule has 39 heavy (non-hydrogen) atoms. The first-order valence-corrected chi connectivity index (χ1v) is 13.1. The molecule has 4 rings (SSSR count). The molecule has 1 aliphatic heterocycles. The highest BCUT2D eigenvalue weighted by molar-refractivity contribution is 8.18. The van der Waals surface area contributed by atoms with Crippen LogP contribution in [0, 0.1) is 0 Å². The van der Waals surface area contributed by atoms with E-state index < -0.39 is 11.8 Å². The molecule has 0 aromatic heterocycles. The zero-order valence-corrected chi connectivity index (χ0v) is 23.3. The Bertz CT molecular complexity index is 1330. The minimum Gasteiger partial charge on any atom is -0.497 e. The van der Waals surface area contributed by atoms with E-state index in [-0.39, 0.29) is 11.2 Å². The third kappa shape index (κ3) is 7.87. The SMILES string of the molecule is CC.COC(=O)C(Cc1cc(OC)cc(OC)c1)c1cccc(Oc2ccc(/C=C3/SC(=O)NC3=O)cc2)c1. The lowest BCUT2D eigenvalue weighted by atomic mass is 9.91. The molecule has 2 amide bonds. The van der Waals surface area contributed by atoms with Gasteiger partial charge in [-0.3, -0.25) is 19.7 Å². The summed E-state index contributed by atoms with van der Waals surface area (Å²) >= 11 is 0.867. The van der Waals surface area contributed by atoms with Crippen LogP contribution in [-0.2, 0) is 20.7 Å². The highest BCUT2D eigenvalue weighted by Gasteiger charge is 2.25. The molecule has 1 saturated heterocycles. The first-order valence-electron chi connectivity index (χ1n) is 12.3. The van der Waals surface area contributed by atoms with E-state index >= 15 is 0 Å². The molecule has 3 aromatic rings. The maximum atomic E-state index is 12.7. The summed E-state index contributed by atoms with van der Waals surface area (Å²) in [5.41, 5.74) is 2.35. The van der Waals surface area contributed by atoms with Crippen LogP contribution in [0.1, 0.15) is 36.5 Å². The Labute approximate surface area is 232 Å². The number of esters is 1. The molecule has 8 nitrogen and oxygen atoms in total. The van der Waals surface area contributed by atoms with E-state index in [0.717, 1.165) is 28.5 Å². The van der Waals surface area contributed by atoms with Gasteiger partial charge in [-0.2, -0.15) is 0 Å². The van der Waals surface area contributed by atoms with Crippen molar-refractivity contribution in [3.05, 3.63) is 88.3 Å². The fraction of sp³-hybridized carbons (Fsp3) is 0.233. The average Bonchev–Trinajstić information content (AvgIpc) is 3.29. The van der Waals surface area contributed by atoms with Crippen molar-refractivity contribution < 1.29 is 33.3 Å². The van der Waals surface area contributed by atoms with Gasteiger partial charge < -0.3 is 18.9 Å². The van der Waals surface area contributed by atoms with Crippen molar-refractivity contribution in [1.82, 2.24) is 5.32 Å². The van der Waals surface area contributed by atoms with Gasteiger partial charge >= 0.3 is 5.97 Å². The normalized spacial score (nSPS) is 14.1. The quantitative estimate of drug-likeness (QED) is 0.244. The molecule has 3 aromatic carbocycles. The highest BCUT2D eigenvalue weighted by atomic mass is 32.2. The molecular weight excluding hydrogens is 518 g/mol. The number of imide groups is 1. The maximum Gasteiger partial charge on any atom is 0.313 e. The minimum absolute atomic E-state index is 0.342. The summed E-state index contributed by atoms with van der Waals surface area (Å²) in [6.45, 7) is 4.00. The lowest BCUT2D eigenvalue weighted by Crippen LogP contribution is -2.17. The smallest absolute Gasteiger partial charge is 0.313 e. The Morgan fingerprint density at radius 3 is 2.10 bits per heavy atom. The summed E-state index contributed by atoms with van der Waals surface area (Å²) < 4.78 is 21.8. The topological polar surface area (TPSA) is 100 Å². The summed E-state index contributed by atoms with van der Waals surface area (Å²) in [4.78, 5) is 36.2. The zero-order valence-electron chi connectivity index (χ0n) is 22.5. The number of carbonyl (C=O) groups excluding carboxylic acids is 3. The lowest BCUT2D eigenvalue weighted by Gasteiger charge is -2.17. The molecule has 1 fully saturated rings. The monoisotopic (exact) mass is 549 g/mol. The third-order valence-electron chi connectivity index (χ3n) is 5.65. The maximum absolute atomic E-state index is 12.7. The van der Waals surface area contributed by atoms with Crippen LogP contribution in [0.15, 0.2) is 71.6 Å². The van der Waals surface area contributed by atoms with Crippen molar-refractivity contribution in [1.29, 1.82) is 0 Å². The van der Waals surface area contributed by atoms with Gasteiger partial charge in [0.05, 0.1) is 32.2 Å². The molecule has 1 heterocycles. The standard InChI is InChI=1S/C28H25NO7S.C2H6/c1-33-22-11-18(12-23(16-22)34-2)13-24(27(31)35-3)19-5-4-6-21(15-19)36-20-9-7-17(8-10-20)14-25-26(30)29-28(32)37-25;1-2/h4-12,14-16,24H,13H2,1-3H3,(H,29,30,32);1-2H3/b25-14+;. The predicted octanol–water partition coefficient (Wildman–Crippen LogP) is 6.35. The molecule has 0 spiro atoms. The number of hydrogen-bond donors (Lipinski definition) is 1. The fourth-order valence-electron chi connectivity index (χ4n) is 3.83.